The predicted molar refractivity (Wildman–Crippen MR) is 51.5 cm³/mol. The molecule has 0 aliphatic heterocycles. The van der Waals surface area contributed by atoms with Crippen molar-refractivity contribution in [3.05, 3.63) is 20.8 Å². The van der Waals surface area contributed by atoms with E-state index >= 15 is 0 Å². The molecule has 2 heteroatoms. The van der Waals surface area contributed by atoms with Crippen molar-refractivity contribution in [3.8, 4) is 0 Å². The third-order valence-corrected chi connectivity index (χ3v) is 0.781. The molecular formula is C10H23Y2-3. The van der Waals surface area contributed by atoms with Gasteiger partial charge in [-0.1, -0.05) is 20.3 Å². The molecule has 0 rings (SSSR count). The summed E-state index contributed by atoms with van der Waals surface area (Å²) in [5.74, 6) is 0.836. The van der Waals surface area contributed by atoms with Crippen LogP contribution in [0.25, 0.3) is 0 Å². The summed E-state index contributed by atoms with van der Waals surface area (Å²) in [5, 5.41) is 0. The largest absolute Gasteiger partial charge is 0.358 e. The van der Waals surface area contributed by atoms with Gasteiger partial charge in [0.25, 0.3) is 0 Å². The Morgan fingerprint density at radius 1 is 1.17 bits per heavy atom. The number of hydrogen-bond acceptors (Lipinski definition) is 0. The van der Waals surface area contributed by atoms with E-state index in [0.29, 0.717) is 0 Å². The first-order valence-corrected chi connectivity index (χ1v) is 3.72. The first-order valence-electron chi connectivity index (χ1n) is 3.72. The maximum Gasteiger partial charge on any atom is 0 e. The average molecular weight is 321 g/mol. The molecule has 0 saturated carbocycles. The second kappa shape index (κ2) is 29.2. The zero-order chi connectivity index (χ0) is 7.70. The maximum absolute atomic E-state index is 3.73. The van der Waals surface area contributed by atoms with E-state index in [0.717, 1.165) is 12.3 Å². The molecule has 0 aromatic rings. The normalized spacial score (nSPS) is 6.50. The van der Waals surface area contributed by atoms with E-state index < -0.39 is 0 Å². The van der Waals surface area contributed by atoms with Gasteiger partial charge in [0.05, 0.1) is 0 Å². The average Bonchev–Trinajstić information content (AvgIpc) is 1.67. The molecule has 0 fully saturated rings. The monoisotopic (exact) mass is 321 g/mol. The zero-order valence-corrected chi connectivity index (χ0v) is 15.1. The Bertz CT molecular complexity index is 36.8. The Labute approximate surface area is 131 Å². The van der Waals surface area contributed by atoms with E-state index in [2.05, 4.69) is 20.8 Å². The second-order valence-corrected chi connectivity index (χ2v) is 2.61. The molecule has 2 radical (unpaired) electrons. The molecule has 0 spiro atoms. The smallest absolute Gasteiger partial charge is 0 e. The van der Waals surface area contributed by atoms with Crippen LogP contribution in [0, 0.1) is 26.7 Å². The molecule has 0 unspecified atom stereocenters. The maximum atomic E-state index is 3.73. The molecule has 0 bridgehead atoms. The van der Waals surface area contributed by atoms with Crippen molar-refractivity contribution in [3.63, 3.8) is 0 Å². The molecule has 0 atom stereocenters. The van der Waals surface area contributed by atoms with Crippen molar-refractivity contribution >= 4 is 0 Å². The molecule has 0 N–H and O–H groups in total. The van der Waals surface area contributed by atoms with Crippen LogP contribution in [0.5, 0.6) is 0 Å². The summed E-state index contributed by atoms with van der Waals surface area (Å²) < 4.78 is 0. The van der Waals surface area contributed by atoms with Gasteiger partial charge in [-0.05, 0) is 5.92 Å². The van der Waals surface area contributed by atoms with Gasteiger partial charge in [-0.15, -0.1) is 0 Å². The zero-order valence-electron chi connectivity index (χ0n) is 9.43. The Morgan fingerprint density at radius 2 is 1.42 bits per heavy atom. The van der Waals surface area contributed by atoms with Crippen LogP contribution >= 0.6 is 0 Å². The fraction of sp³-hybridized carbons (Fsp3) is 0.700. The summed E-state index contributed by atoms with van der Waals surface area (Å²) in [6.07, 6.45) is 4.34. The van der Waals surface area contributed by atoms with E-state index in [-0.39, 0.29) is 72.8 Å². The Kier molecular flexibility index (Phi) is 71.2. The van der Waals surface area contributed by atoms with Crippen molar-refractivity contribution in [2.75, 3.05) is 0 Å². The minimum Gasteiger partial charge on any atom is -0.358 e. The van der Waals surface area contributed by atoms with Crippen LogP contribution in [0.15, 0.2) is 0 Å². The molecule has 0 aromatic carbocycles. The van der Waals surface area contributed by atoms with Crippen molar-refractivity contribution in [1.82, 2.24) is 0 Å². The number of rotatable bonds is 2. The summed E-state index contributed by atoms with van der Waals surface area (Å²) in [6, 6.07) is 0. The standard InChI is InChI=1S/C6H13.C3H7.CH3.2Y/c1-4-5-6(2)3;1-3-2;;;/h6H,1,4-5H2,2-3H3;3H,1-2H3;1H3;;/q3*-1;;. The molecule has 0 aliphatic rings. The quantitative estimate of drug-likeness (QED) is 0.676. The van der Waals surface area contributed by atoms with Crippen molar-refractivity contribution in [2.45, 2.75) is 40.5 Å². The third-order valence-electron chi connectivity index (χ3n) is 0.781. The predicted octanol–water partition coefficient (Wildman–Crippen LogP) is 3.93. The van der Waals surface area contributed by atoms with Gasteiger partial charge in [0.1, 0.15) is 0 Å². The van der Waals surface area contributed by atoms with Gasteiger partial charge in [0.15, 0.2) is 0 Å². The van der Waals surface area contributed by atoms with Gasteiger partial charge < -0.3 is 20.8 Å². The topological polar surface area (TPSA) is 0 Å². The van der Waals surface area contributed by atoms with Gasteiger partial charge in [-0.2, -0.15) is 20.3 Å². The third kappa shape index (κ3) is 56.5. The Morgan fingerprint density at radius 3 is 1.42 bits per heavy atom. The SMILES string of the molecule is C[CH-]C.[CH2-]CCC(C)C.[CH3-].[Y].[Y]. The van der Waals surface area contributed by atoms with E-state index in [9.17, 15) is 0 Å². The van der Waals surface area contributed by atoms with Crippen LogP contribution in [-0.4, -0.2) is 0 Å². The Hall–Kier alpha value is 2.21. The summed E-state index contributed by atoms with van der Waals surface area (Å²) in [6.45, 7) is 12.2. The fourth-order valence-corrected chi connectivity index (χ4v) is 0.408. The van der Waals surface area contributed by atoms with Crippen molar-refractivity contribution in [1.29, 1.82) is 0 Å². The van der Waals surface area contributed by atoms with E-state index in [1.807, 2.05) is 20.3 Å². The van der Waals surface area contributed by atoms with Crippen LogP contribution in [0.2, 0.25) is 0 Å². The summed E-state index contributed by atoms with van der Waals surface area (Å²) in [5.41, 5.74) is 0. The summed E-state index contributed by atoms with van der Waals surface area (Å²) >= 11 is 0. The van der Waals surface area contributed by atoms with Crippen molar-refractivity contribution < 1.29 is 65.4 Å². The molecule has 72 valence electrons. The molecule has 0 amide bonds. The van der Waals surface area contributed by atoms with Gasteiger partial charge in [0.2, 0.25) is 0 Å². The molecular weight excluding hydrogens is 298 g/mol. The first-order chi connectivity index (χ1) is 4.18. The second-order valence-electron chi connectivity index (χ2n) is 2.61. The van der Waals surface area contributed by atoms with Gasteiger partial charge in [-0.25, -0.2) is 0 Å². The number of hydrogen-bond donors (Lipinski definition) is 0. The molecule has 0 saturated heterocycles. The van der Waals surface area contributed by atoms with E-state index in [4.69, 9.17) is 0 Å². The minimum atomic E-state index is 0. The van der Waals surface area contributed by atoms with Gasteiger partial charge in [0, 0.05) is 65.4 Å². The van der Waals surface area contributed by atoms with Crippen LogP contribution in [0.3, 0.4) is 0 Å². The fourth-order valence-electron chi connectivity index (χ4n) is 0.408. The van der Waals surface area contributed by atoms with Gasteiger partial charge >= 0.3 is 0 Å². The molecule has 0 nitrogen and oxygen atoms in total. The van der Waals surface area contributed by atoms with Crippen LogP contribution in [-0.2, 0) is 65.4 Å². The van der Waals surface area contributed by atoms with E-state index in [1.54, 1.807) is 0 Å². The molecule has 0 heterocycles. The molecule has 0 aromatic heterocycles. The van der Waals surface area contributed by atoms with Crippen molar-refractivity contribution in [2.24, 2.45) is 5.92 Å². The Balaban J connectivity index is -0.0000000246. The first kappa shape index (κ1) is 29.2. The van der Waals surface area contributed by atoms with E-state index in [1.165, 1.54) is 6.42 Å². The van der Waals surface area contributed by atoms with Crippen LogP contribution in [0.4, 0.5) is 0 Å². The minimum absolute atomic E-state index is 0. The van der Waals surface area contributed by atoms with Crippen LogP contribution in [0.1, 0.15) is 40.5 Å². The molecule has 12 heavy (non-hydrogen) atoms. The molecule has 0 aliphatic carbocycles. The van der Waals surface area contributed by atoms with Crippen LogP contribution < -0.4 is 0 Å². The summed E-state index contributed by atoms with van der Waals surface area (Å²) in [4.78, 5) is 0. The van der Waals surface area contributed by atoms with Gasteiger partial charge in [-0.3, -0.25) is 0 Å². The summed E-state index contributed by atoms with van der Waals surface area (Å²) in [7, 11) is 0.